The summed E-state index contributed by atoms with van der Waals surface area (Å²) in [6.45, 7) is 4.92. The van der Waals surface area contributed by atoms with Crippen LogP contribution in [-0.2, 0) is 6.42 Å². The summed E-state index contributed by atoms with van der Waals surface area (Å²) >= 11 is 0. The molecule has 0 saturated carbocycles. The molecule has 2 heteroatoms. The molecule has 0 aliphatic rings. The zero-order valence-corrected chi connectivity index (χ0v) is 9.40. The van der Waals surface area contributed by atoms with Gasteiger partial charge in [0.15, 0.2) is 0 Å². The zero-order chi connectivity index (χ0) is 11.3. The first-order chi connectivity index (χ1) is 7.17. The molecule has 0 aromatic heterocycles. The molecule has 82 valence electrons. The Kier molecular flexibility index (Phi) is 4.37. The SMILES string of the molecule is Cc1cc(CC(C)CN)ccc1/C=C\O. The van der Waals surface area contributed by atoms with Crippen LogP contribution < -0.4 is 5.73 Å². The first-order valence-electron chi connectivity index (χ1n) is 5.27. The predicted octanol–water partition coefficient (Wildman–Crippen LogP) is 2.66. The second-order valence-corrected chi connectivity index (χ2v) is 4.05. The zero-order valence-electron chi connectivity index (χ0n) is 9.40. The number of hydrogen-bond donors (Lipinski definition) is 2. The van der Waals surface area contributed by atoms with Gasteiger partial charge in [0.25, 0.3) is 0 Å². The first kappa shape index (κ1) is 11.8. The van der Waals surface area contributed by atoms with Gasteiger partial charge in [-0.2, -0.15) is 0 Å². The van der Waals surface area contributed by atoms with Crippen LogP contribution in [0.25, 0.3) is 6.08 Å². The van der Waals surface area contributed by atoms with Gasteiger partial charge in [0.1, 0.15) is 0 Å². The van der Waals surface area contributed by atoms with Crippen molar-refractivity contribution < 1.29 is 5.11 Å². The third kappa shape index (κ3) is 3.40. The summed E-state index contributed by atoms with van der Waals surface area (Å²) in [7, 11) is 0. The van der Waals surface area contributed by atoms with Crippen LogP contribution in [0.5, 0.6) is 0 Å². The molecule has 0 spiro atoms. The Morgan fingerprint density at radius 3 is 2.73 bits per heavy atom. The number of aliphatic hydroxyl groups excluding tert-OH is 1. The predicted molar refractivity (Wildman–Crippen MR) is 64.8 cm³/mol. The van der Waals surface area contributed by atoms with E-state index < -0.39 is 0 Å². The van der Waals surface area contributed by atoms with Gasteiger partial charge in [0.2, 0.25) is 0 Å². The van der Waals surface area contributed by atoms with Gasteiger partial charge < -0.3 is 10.8 Å². The number of aliphatic hydroxyl groups is 1. The molecule has 0 heterocycles. The molecule has 3 N–H and O–H groups in total. The molecular formula is C13H19NO. The van der Waals surface area contributed by atoms with Gasteiger partial charge in [-0.3, -0.25) is 0 Å². The maximum atomic E-state index is 8.70. The van der Waals surface area contributed by atoms with Crippen molar-refractivity contribution in [1.29, 1.82) is 0 Å². The van der Waals surface area contributed by atoms with Crippen molar-refractivity contribution >= 4 is 6.08 Å². The molecule has 0 aliphatic heterocycles. The molecule has 15 heavy (non-hydrogen) atoms. The topological polar surface area (TPSA) is 46.2 Å². The van der Waals surface area contributed by atoms with Crippen LogP contribution >= 0.6 is 0 Å². The molecule has 0 aliphatic carbocycles. The minimum atomic E-state index is 0.517. The number of hydrogen-bond acceptors (Lipinski definition) is 2. The van der Waals surface area contributed by atoms with Crippen LogP contribution in [0.1, 0.15) is 23.6 Å². The van der Waals surface area contributed by atoms with Crippen molar-refractivity contribution in [2.75, 3.05) is 6.54 Å². The van der Waals surface area contributed by atoms with Gasteiger partial charge in [-0.1, -0.05) is 25.1 Å². The Morgan fingerprint density at radius 1 is 1.47 bits per heavy atom. The van der Waals surface area contributed by atoms with Crippen LogP contribution in [0, 0.1) is 12.8 Å². The summed E-state index contributed by atoms with van der Waals surface area (Å²) in [5.41, 5.74) is 9.14. The minimum absolute atomic E-state index is 0.517. The van der Waals surface area contributed by atoms with Crippen molar-refractivity contribution in [2.45, 2.75) is 20.3 Å². The van der Waals surface area contributed by atoms with Gasteiger partial charge in [-0.05, 0) is 48.6 Å². The molecule has 0 saturated heterocycles. The van der Waals surface area contributed by atoms with Crippen LogP contribution in [0.2, 0.25) is 0 Å². The van der Waals surface area contributed by atoms with E-state index in [0.29, 0.717) is 5.92 Å². The smallest absolute Gasteiger partial charge is 0.0797 e. The van der Waals surface area contributed by atoms with E-state index in [0.717, 1.165) is 24.8 Å². The number of aryl methyl sites for hydroxylation is 1. The van der Waals surface area contributed by atoms with E-state index in [9.17, 15) is 0 Å². The van der Waals surface area contributed by atoms with Crippen molar-refractivity contribution in [2.24, 2.45) is 11.7 Å². The highest BCUT2D eigenvalue weighted by Gasteiger charge is 2.02. The fourth-order valence-corrected chi connectivity index (χ4v) is 1.62. The molecule has 1 aromatic rings. The summed E-state index contributed by atoms with van der Waals surface area (Å²) < 4.78 is 0. The highest BCUT2D eigenvalue weighted by atomic mass is 16.2. The highest BCUT2D eigenvalue weighted by Crippen LogP contribution is 2.15. The number of rotatable bonds is 4. The molecule has 0 fully saturated rings. The Balaban J connectivity index is 2.82. The van der Waals surface area contributed by atoms with Gasteiger partial charge >= 0.3 is 0 Å². The lowest BCUT2D eigenvalue weighted by Crippen LogP contribution is -2.13. The van der Waals surface area contributed by atoms with Crippen molar-refractivity contribution in [3.8, 4) is 0 Å². The van der Waals surface area contributed by atoms with E-state index in [2.05, 4.69) is 19.1 Å². The summed E-state index contributed by atoms with van der Waals surface area (Å²) in [6, 6.07) is 6.27. The van der Waals surface area contributed by atoms with Crippen LogP contribution in [0.3, 0.4) is 0 Å². The molecule has 1 atom stereocenters. The van der Waals surface area contributed by atoms with E-state index in [1.54, 1.807) is 6.08 Å². The average Bonchev–Trinajstić information content (AvgIpc) is 2.22. The lowest BCUT2D eigenvalue weighted by Gasteiger charge is -2.10. The largest absolute Gasteiger partial charge is 0.516 e. The molecular weight excluding hydrogens is 186 g/mol. The number of nitrogens with two attached hydrogens (primary N) is 1. The summed E-state index contributed by atoms with van der Waals surface area (Å²) in [5, 5.41) is 8.70. The van der Waals surface area contributed by atoms with Crippen molar-refractivity contribution in [3.05, 3.63) is 41.2 Å². The fraction of sp³-hybridized carbons (Fsp3) is 0.385. The van der Waals surface area contributed by atoms with Crippen LogP contribution in [0.15, 0.2) is 24.5 Å². The molecule has 0 amide bonds. The fourth-order valence-electron chi connectivity index (χ4n) is 1.62. The lowest BCUT2D eigenvalue weighted by atomic mass is 9.97. The Hall–Kier alpha value is -1.28. The van der Waals surface area contributed by atoms with Gasteiger partial charge in [-0.25, -0.2) is 0 Å². The van der Waals surface area contributed by atoms with Crippen molar-refractivity contribution in [3.63, 3.8) is 0 Å². The molecule has 1 unspecified atom stereocenters. The van der Waals surface area contributed by atoms with Gasteiger partial charge in [0, 0.05) is 0 Å². The Morgan fingerprint density at radius 2 is 2.20 bits per heavy atom. The second kappa shape index (κ2) is 5.56. The van der Waals surface area contributed by atoms with Gasteiger partial charge in [0.05, 0.1) is 6.26 Å². The third-order valence-electron chi connectivity index (χ3n) is 2.57. The Bertz CT molecular complexity index is 344. The molecule has 2 nitrogen and oxygen atoms in total. The molecule has 0 bridgehead atoms. The molecule has 1 rings (SSSR count). The van der Waals surface area contributed by atoms with E-state index in [1.807, 2.05) is 13.0 Å². The highest BCUT2D eigenvalue weighted by molar-refractivity contribution is 5.53. The lowest BCUT2D eigenvalue weighted by molar-refractivity contribution is 0.478. The maximum Gasteiger partial charge on any atom is 0.0797 e. The summed E-state index contributed by atoms with van der Waals surface area (Å²) in [4.78, 5) is 0. The minimum Gasteiger partial charge on any atom is -0.516 e. The van der Waals surface area contributed by atoms with Crippen LogP contribution in [-0.4, -0.2) is 11.7 Å². The maximum absolute atomic E-state index is 8.70. The average molecular weight is 205 g/mol. The first-order valence-corrected chi connectivity index (χ1v) is 5.27. The van der Waals surface area contributed by atoms with E-state index in [-0.39, 0.29) is 0 Å². The third-order valence-corrected chi connectivity index (χ3v) is 2.57. The molecule has 1 aromatic carbocycles. The number of benzene rings is 1. The van der Waals surface area contributed by atoms with E-state index >= 15 is 0 Å². The second-order valence-electron chi connectivity index (χ2n) is 4.05. The summed E-state index contributed by atoms with van der Waals surface area (Å²) in [5.74, 6) is 0.517. The monoisotopic (exact) mass is 205 g/mol. The van der Waals surface area contributed by atoms with Gasteiger partial charge in [-0.15, -0.1) is 0 Å². The van der Waals surface area contributed by atoms with Crippen LogP contribution in [0.4, 0.5) is 0 Å². The Labute approximate surface area is 91.4 Å². The normalized spacial score (nSPS) is 13.3. The van der Waals surface area contributed by atoms with E-state index in [4.69, 9.17) is 10.8 Å². The standard InChI is InChI=1S/C13H19NO/c1-10(9-14)7-12-3-4-13(5-6-15)11(2)8-12/h3-6,8,10,15H,7,9,14H2,1-2H3/b6-5-. The quantitative estimate of drug-likeness (QED) is 0.742. The van der Waals surface area contributed by atoms with E-state index in [1.165, 1.54) is 11.1 Å². The van der Waals surface area contributed by atoms with Crippen molar-refractivity contribution in [1.82, 2.24) is 0 Å². The summed E-state index contributed by atoms with van der Waals surface area (Å²) in [6.07, 6.45) is 3.79. The molecule has 0 radical (unpaired) electrons.